The third-order valence-corrected chi connectivity index (χ3v) is 4.46. The Morgan fingerprint density at radius 3 is 2.44 bits per heavy atom. The summed E-state index contributed by atoms with van der Waals surface area (Å²) in [5, 5.41) is 3.43. The Balaban J connectivity index is 2.01. The lowest BCUT2D eigenvalue weighted by molar-refractivity contribution is -0.125. The molecule has 0 saturated carbocycles. The first-order valence-corrected chi connectivity index (χ1v) is 8.36. The van der Waals surface area contributed by atoms with Crippen molar-refractivity contribution in [2.45, 2.75) is 6.54 Å². The smallest absolute Gasteiger partial charge is 0.251 e. The second kappa shape index (κ2) is 8.70. The van der Waals surface area contributed by atoms with E-state index in [1.807, 2.05) is 12.1 Å². The van der Waals surface area contributed by atoms with Crippen LogP contribution in [0.3, 0.4) is 0 Å². The Bertz CT molecular complexity index is 802. The molecule has 6 heteroatoms. The van der Waals surface area contributed by atoms with Gasteiger partial charge in [-0.05, 0) is 35.4 Å². The molecule has 0 fully saturated rings. The van der Waals surface area contributed by atoms with Gasteiger partial charge in [0.2, 0.25) is 5.91 Å². The minimum atomic E-state index is -0.161. The third kappa shape index (κ3) is 5.08. The number of nitrogens with zero attached hydrogens (tertiary/aromatic N) is 1. The van der Waals surface area contributed by atoms with E-state index >= 15 is 0 Å². The van der Waals surface area contributed by atoms with Crippen molar-refractivity contribution in [3.05, 3.63) is 75.3 Å². The highest BCUT2D eigenvalue weighted by molar-refractivity contribution is 6.42. The summed E-state index contributed by atoms with van der Waals surface area (Å²) in [5.74, 6) is -0.302. The van der Waals surface area contributed by atoms with Crippen LogP contribution in [-0.4, -0.2) is 30.8 Å². The number of rotatable bonds is 5. The topological polar surface area (TPSA) is 49.4 Å². The van der Waals surface area contributed by atoms with Crippen molar-refractivity contribution in [3.8, 4) is 0 Å². The van der Waals surface area contributed by atoms with Gasteiger partial charge >= 0.3 is 0 Å². The van der Waals surface area contributed by atoms with Crippen molar-refractivity contribution in [1.82, 2.24) is 10.2 Å². The van der Waals surface area contributed by atoms with Gasteiger partial charge in [-0.25, -0.2) is 0 Å². The average Bonchev–Trinajstić information content (AvgIpc) is 2.62. The van der Waals surface area contributed by atoms with Crippen molar-refractivity contribution in [2.75, 3.05) is 14.1 Å². The maximum absolute atomic E-state index is 12.2. The minimum absolute atomic E-state index is 0.141. The summed E-state index contributed by atoms with van der Waals surface area (Å²) in [6.45, 7) is 0.431. The summed E-state index contributed by atoms with van der Waals surface area (Å²) in [4.78, 5) is 25.3. The van der Waals surface area contributed by atoms with Crippen LogP contribution in [0.2, 0.25) is 10.0 Å². The molecular formula is C19H18Cl2N2O2. The van der Waals surface area contributed by atoms with E-state index in [9.17, 15) is 9.59 Å². The number of nitrogens with one attached hydrogen (secondary N) is 1. The highest BCUT2D eigenvalue weighted by Gasteiger charge is 2.08. The van der Waals surface area contributed by atoms with Gasteiger partial charge in [0.1, 0.15) is 0 Å². The van der Waals surface area contributed by atoms with Gasteiger partial charge in [0.15, 0.2) is 0 Å². The highest BCUT2D eigenvalue weighted by Crippen LogP contribution is 2.26. The van der Waals surface area contributed by atoms with Crippen molar-refractivity contribution in [1.29, 1.82) is 0 Å². The molecular weight excluding hydrogens is 359 g/mol. The number of amides is 2. The Labute approximate surface area is 157 Å². The van der Waals surface area contributed by atoms with Gasteiger partial charge in [-0.3, -0.25) is 9.59 Å². The van der Waals surface area contributed by atoms with Crippen molar-refractivity contribution < 1.29 is 9.59 Å². The van der Waals surface area contributed by atoms with Crippen LogP contribution in [0, 0.1) is 0 Å². The van der Waals surface area contributed by atoms with Gasteiger partial charge in [0, 0.05) is 32.3 Å². The minimum Gasteiger partial charge on any atom is -0.355 e. The Kier molecular flexibility index (Phi) is 6.62. The molecule has 25 heavy (non-hydrogen) atoms. The van der Waals surface area contributed by atoms with E-state index in [4.69, 9.17) is 23.2 Å². The first kappa shape index (κ1) is 19.0. The predicted molar refractivity (Wildman–Crippen MR) is 102 cm³/mol. The molecule has 4 nitrogen and oxygen atoms in total. The first-order chi connectivity index (χ1) is 11.9. The van der Waals surface area contributed by atoms with Crippen LogP contribution in [0.15, 0.2) is 48.5 Å². The quantitative estimate of drug-likeness (QED) is 0.800. The van der Waals surface area contributed by atoms with E-state index in [-0.39, 0.29) is 11.8 Å². The molecule has 2 aromatic carbocycles. The number of hydrogen-bond donors (Lipinski definition) is 1. The van der Waals surface area contributed by atoms with Crippen LogP contribution < -0.4 is 5.32 Å². The molecule has 2 aromatic rings. The maximum Gasteiger partial charge on any atom is 0.251 e. The zero-order valence-electron chi connectivity index (χ0n) is 13.9. The molecule has 0 spiro atoms. The molecule has 0 atom stereocenters. The first-order valence-electron chi connectivity index (χ1n) is 7.60. The largest absolute Gasteiger partial charge is 0.355 e. The van der Waals surface area contributed by atoms with E-state index in [0.717, 1.165) is 5.56 Å². The molecule has 0 aliphatic carbocycles. The fourth-order valence-corrected chi connectivity index (χ4v) is 2.57. The molecule has 0 heterocycles. The Morgan fingerprint density at radius 2 is 1.80 bits per heavy atom. The molecule has 0 bridgehead atoms. The molecule has 0 aromatic heterocycles. The number of hydrogen-bond acceptors (Lipinski definition) is 2. The SMILES string of the molecule is CNC(=O)c1ccc(CN(C)C(=O)/C=C/c2cccc(Cl)c2Cl)cc1. The van der Waals surface area contributed by atoms with Crippen molar-refractivity contribution >= 4 is 41.1 Å². The van der Waals surface area contributed by atoms with Crippen molar-refractivity contribution in [2.24, 2.45) is 0 Å². The van der Waals surface area contributed by atoms with Crippen LogP contribution >= 0.6 is 23.2 Å². The molecule has 130 valence electrons. The van der Waals surface area contributed by atoms with Gasteiger partial charge in [-0.1, -0.05) is 47.5 Å². The predicted octanol–water partition coefficient (Wildman–Crippen LogP) is 4.02. The van der Waals surface area contributed by atoms with Gasteiger partial charge in [-0.15, -0.1) is 0 Å². The van der Waals surface area contributed by atoms with Gasteiger partial charge < -0.3 is 10.2 Å². The lowest BCUT2D eigenvalue weighted by atomic mass is 10.1. The van der Waals surface area contributed by atoms with Crippen LogP contribution in [0.1, 0.15) is 21.5 Å². The number of carbonyl (C=O) groups excluding carboxylic acids is 2. The summed E-state index contributed by atoms with van der Waals surface area (Å²) in [5.41, 5.74) is 2.19. The lowest BCUT2D eigenvalue weighted by Gasteiger charge is -2.15. The Hall–Kier alpha value is -2.30. The number of halogens is 2. The van der Waals surface area contributed by atoms with Gasteiger partial charge in [0.05, 0.1) is 10.0 Å². The fourth-order valence-electron chi connectivity index (χ4n) is 2.20. The molecule has 2 amide bonds. The highest BCUT2D eigenvalue weighted by atomic mass is 35.5. The molecule has 0 aliphatic heterocycles. The maximum atomic E-state index is 12.2. The second-order valence-corrected chi connectivity index (χ2v) is 6.23. The van der Waals surface area contributed by atoms with Crippen LogP contribution in [0.5, 0.6) is 0 Å². The summed E-state index contributed by atoms with van der Waals surface area (Å²) >= 11 is 12.1. The second-order valence-electron chi connectivity index (χ2n) is 5.45. The number of likely N-dealkylation sites (N-methyl/N-ethyl adjacent to an activating group) is 1. The number of carbonyl (C=O) groups is 2. The summed E-state index contributed by atoms with van der Waals surface area (Å²) in [6.07, 6.45) is 3.10. The zero-order valence-corrected chi connectivity index (χ0v) is 15.4. The average molecular weight is 377 g/mol. The monoisotopic (exact) mass is 376 g/mol. The normalized spacial score (nSPS) is 10.7. The van der Waals surface area contributed by atoms with E-state index in [2.05, 4.69) is 5.32 Å². The molecule has 0 saturated heterocycles. The lowest BCUT2D eigenvalue weighted by Crippen LogP contribution is -2.24. The van der Waals surface area contributed by atoms with Crippen molar-refractivity contribution in [3.63, 3.8) is 0 Å². The molecule has 0 unspecified atom stereocenters. The molecule has 2 rings (SSSR count). The van der Waals surface area contributed by atoms with Gasteiger partial charge in [-0.2, -0.15) is 0 Å². The standard InChI is InChI=1S/C19H18Cl2N2O2/c1-22-19(25)15-8-6-13(7-9-15)12-23(2)17(24)11-10-14-4-3-5-16(20)18(14)21/h3-11H,12H2,1-2H3,(H,22,25)/b11-10+. The van der Waals surface area contributed by atoms with Gasteiger partial charge in [0.25, 0.3) is 5.91 Å². The van der Waals surface area contributed by atoms with E-state index in [0.29, 0.717) is 27.7 Å². The summed E-state index contributed by atoms with van der Waals surface area (Å²) in [6, 6.07) is 12.4. The Morgan fingerprint density at radius 1 is 1.12 bits per heavy atom. The van der Waals surface area contributed by atoms with E-state index in [1.54, 1.807) is 55.4 Å². The van der Waals surface area contributed by atoms with Crippen LogP contribution in [0.25, 0.3) is 6.08 Å². The zero-order chi connectivity index (χ0) is 18.4. The molecule has 0 aliphatic rings. The number of benzene rings is 2. The summed E-state index contributed by atoms with van der Waals surface area (Å²) in [7, 11) is 3.29. The molecule has 0 radical (unpaired) electrons. The molecule has 1 N–H and O–H groups in total. The third-order valence-electron chi connectivity index (χ3n) is 3.63. The van der Waals surface area contributed by atoms with Crippen LogP contribution in [-0.2, 0) is 11.3 Å². The summed E-state index contributed by atoms with van der Waals surface area (Å²) < 4.78 is 0. The fraction of sp³-hybridized carbons (Fsp3) is 0.158. The van der Waals surface area contributed by atoms with E-state index in [1.165, 1.54) is 6.08 Å². The van der Waals surface area contributed by atoms with Crippen LogP contribution in [0.4, 0.5) is 0 Å². The van der Waals surface area contributed by atoms with E-state index < -0.39 is 0 Å².